The molecule has 3 aromatic rings. The largest absolute Gasteiger partial charge is 0.459 e. The van der Waals surface area contributed by atoms with Crippen molar-refractivity contribution in [3.63, 3.8) is 0 Å². The van der Waals surface area contributed by atoms with Crippen molar-refractivity contribution < 1.29 is 42.9 Å². The highest BCUT2D eigenvalue weighted by molar-refractivity contribution is 8.13. The van der Waals surface area contributed by atoms with Crippen LogP contribution in [0.25, 0.3) is 11.2 Å². The van der Waals surface area contributed by atoms with Crippen LogP contribution in [0, 0.1) is 12.3 Å². The summed E-state index contributed by atoms with van der Waals surface area (Å²) in [7, 11) is -4.10. The molecule has 2 aromatic heterocycles. The highest BCUT2D eigenvalue weighted by Crippen LogP contribution is 2.47. The van der Waals surface area contributed by atoms with Crippen LogP contribution in [-0.2, 0) is 39.2 Å². The average molecular weight is 696 g/mol. The summed E-state index contributed by atoms with van der Waals surface area (Å²) in [5.74, 6) is -0.296. The van der Waals surface area contributed by atoms with Crippen molar-refractivity contribution in [3.8, 4) is 0 Å². The number of hydrogen-bond donors (Lipinski definition) is 4. The fourth-order valence-corrected chi connectivity index (χ4v) is 6.86. The number of thioether (sulfide) groups is 1. The SMILES string of the molecule is Cc1nc2c(ncn2[C@@H]2OC(COP(=O)(NCc3ccccc3)OCCSC(=O)C(C)(C)C(=O)OC(C)(C)C)[C@@H](O)[C@@]2(C)O)c(=O)[nH]1. The van der Waals surface area contributed by atoms with Gasteiger partial charge in [0, 0.05) is 12.3 Å². The number of aryl methyl sites for hydroxylation is 1. The van der Waals surface area contributed by atoms with Crippen LogP contribution < -0.4 is 10.6 Å². The van der Waals surface area contributed by atoms with Gasteiger partial charge in [-0.25, -0.2) is 19.6 Å². The molecule has 258 valence electrons. The lowest BCUT2D eigenvalue weighted by atomic mass is 9.95. The molecule has 1 fully saturated rings. The van der Waals surface area contributed by atoms with E-state index in [1.165, 1.54) is 31.7 Å². The number of benzene rings is 1. The minimum atomic E-state index is -4.10. The normalized spacial score (nSPS) is 23.1. The number of hydrogen-bond acceptors (Lipinski definition) is 13. The first-order chi connectivity index (χ1) is 21.8. The number of ether oxygens (including phenoxy) is 2. The van der Waals surface area contributed by atoms with Gasteiger partial charge < -0.3 is 24.7 Å². The van der Waals surface area contributed by atoms with Crippen LogP contribution in [0.5, 0.6) is 0 Å². The molecular formula is C30H42N5O10PS. The summed E-state index contributed by atoms with van der Waals surface area (Å²) in [4.78, 5) is 48.7. The fraction of sp³-hybridized carbons (Fsp3) is 0.567. The van der Waals surface area contributed by atoms with Gasteiger partial charge >= 0.3 is 13.7 Å². The Bertz CT molecular complexity index is 1690. The van der Waals surface area contributed by atoms with Crippen LogP contribution in [0.15, 0.2) is 41.5 Å². The minimum Gasteiger partial charge on any atom is -0.459 e. The molecule has 1 aliphatic heterocycles. The lowest BCUT2D eigenvalue weighted by molar-refractivity contribution is -0.166. The summed E-state index contributed by atoms with van der Waals surface area (Å²) < 4.78 is 38.0. The summed E-state index contributed by atoms with van der Waals surface area (Å²) in [6.07, 6.45) is -2.64. The van der Waals surface area contributed by atoms with E-state index in [1.807, 2.05) is 30.3 Å². The Balaban J connectivity index is 1.44. The predicted octanol–water partition coefficient (Wildman–Crippen LogP) is 3.00. The second-order valence-corrected chi connectivity index (χ2v) is 15.8. The van der Waals surface area contributed by atoms with E-state index in [9.17, 15) is 29.2 Å². The molecule has 15 nitrogen and oxygen atoms in total. The second-order valence-electron chi connectivity index (χ2n) is 12.9. The molecule has 0 spiro atoms. The van der Waals surface area contributed by atoms with Gasteiger partial charge in [0.25, 0.3) is 5.56 Å². The Morgan fingerprint density at radius 1 is 1.19 bits per heavy atom. The topological polar surface area (TPSA) is 204 Å². The van der Waals surface area contributed by atoms with E-state index >= 15 is 0 Å². The van der Waals surface area contributed by atoms with Gasteiger partial charge in [0.15, 0.2) is 17.4 Å². The quantitative estimate of drug-likeness (QED) is 0.0879. The number of aromatic amines is 1. The Morgan fingerprint density at radius 2 is 1.87 bits per heavy atom. The van der Waals surface area contributed by atoms with Crippen molar-refractivity contribution in [1.82, 2.24) is 24.6 Å². The van der Waals surface area contributed by atoms with Gasteiger partial charge in [-0.05, 0) is 54.0 Å². The van der Waals surface area contributed by atoms with Gasteiger partial charge in [-0.1, -0.05) is 42.1 Å². The number of fused-ring (bicyclic) bond motifs is 1. The molecule has 0 amide bonds. The zero-order valence-corrected chi connectivity index (χ0v) is 29.1. The zero-order valence-electron chi connectivity index (χ0n) is 27.4. The maximum atomic E-state index is 13.9. The molecule has 5 atom stereocenters. The number of H-pyrrole nitrogens is 1. The molecule has 0 saturated carbocycles. The summed E-state index contributed by atoms with van der Waals surface area (Å²) in [5, 5.41) is 24.6. The Morgan fingerprint density at radius 3 is 2.53 bits per heavy atom. The number of rotatable bonds is 13. The van der Waals surface area contributed by atoms with Gasteiger partial charge in [0.1, 0.15) is 34.6 Å². The number of carbonyl (C=O) groups is 2. The second kappa shape index (κ2) is 14.3. The van der Waals surface area contributed by atoms with Gasteiger partial charge in [-0.15, -0.1) is 0 Å². The lowest BCUT2D eigenvalue weighted by Gasteiger charge is -2.27. The highest BCUT2D eigenvalue weighted by Gasteiger charge is 2.54. The number of nitrogens with zero attached hydrogens (tertiary/aromatic N) is 3. The fourth-order valence-electron chi connectivity index (χ4n) is 4.63. The van der Waals surface area contributed by atoms with E-state index in [0.717, 1.165) is 17.3 Å². The van der Waals surface area contributed by atoms with E-state index in [2.05, 4.69) is 20.0 Å². The van der Waals surface area contributed by atoms with Crippen LogP contribution in [0.4, 0.5) is 0 Å². The summed E-state index contributed by atoms with van der Waals surface area (Å²) in [6.45, 7) is 10.5. The first-order valence-electron chi connectivity index (χ1n) is 14.9. The summed E-state index contributed by atoms with van der Waals surface area (Å²) in [5.41, 5.74) is -3.59. The molecule has 0 radical (unpaired) electrons. The van der Waals surface area contributed by atoms with E-state index in [-0.39, 0.29) is 30.1 Å². The van der Waals surface area contributed by atoms with E-state index in [0.29, 0.717) is 5.82 Å². The number of aromatic nitrogens is 4. The Labute approximate surface area is 276 Å². The number of imidazole rings is 1. The number of nitrogens with one attached hydrogen (secondary N) is 2. The Hall–Kier alpha value is -2.95. The van der Waals surface area contributed by atoms with Gasteiger partial charge in [-0.2, -0.15) is 0 Å². The van der Waals surface area contributed by atoms with E-state index < -0.39 is 66.1 Å². The maximum Gasteiger partial charge on any atom is 0.405 e. The van der Waals surface area contributed by atoms with E-state index in [4.69, 9.17) is 18.5 Å². The smallest absolute Gasteiger partial charge is 0.405 e. The molecule has 4 N–H and O–H groups in total. The third kappa shape index (κ3) is 8.75. The van der Waals surface area contributed by atoms with Crippen molar-refractivity contribution in [2.45, 2.75) is 84.6 Å². The standard InChI is InChI=1S/C30H42N5O10PS/c1-18-33-23-21(24(37)34-18)31-17-35(23)25-30(7,40)22(36)20(44-25)16-43-46(41,32-15-19-11-9-8-10-12-19)42-13-14-47-27(39)29(5,6)26(38)45-28(2,3)4/h8-12,17,20,22,25,36,40H,13-16H2,1-7H3,(H,32,41)(H,33,34,37)/t20?,22-,25-,30-,46?/m1/s1. The number of carbonyl (C=O) groups excluding carboxylic acids is 2. The van der Waals surface area contributed by atoms with Gasteiger partial charge in [0.2, 0.25) is 5.12 Å². The molecule has 1 saturated heterocycles. The van der Waals surface area contributed by atoms with Crippen molar-refractivity contribution in [1.29, 1.82) is 0 Å². The molecule has 4 rings (SSSR count). The van der Waals surface area contributed by atoms with E-state index in [1.54, 1.807) is 27.7 Å². The minimum absolute atomic E-state index is 0.0260. The highest BCUT2D eigenvalue weighted by atomic mass is 32.2. The zero-order chi connectivity index (χ0) is 34.8. The molecule has 1 aromatic carbocycles. The summed E-state index contributed by atoms with van der Waals surface area (Å²) in [6, 6.07) is 9.08. The van der Waals surface area contributed by atoms with Crippen molar-refractivity contribution in [3.05, 3.63) is 58.4 Å². The molecular weight excluding hydrogens is 653 g/mol. The molecule has 0 bridgehead atoms. The number of aliphatic hydroxyl groups is 2. The van der Waals surface area contributed by atoms with Crippen molar-refractivity contribution >= 4 is 41.8 Å². The molecule has 1 aliphatic rings. The maximum absolute atomic E-state index is 13.9. The van der Waals surface area contributed by atoms with Crippen LogP contribution in [0.2, 0.25) is 0 Å². The van der Waals surface area contributed by atoms with Gasteiger partial charge in [-0.3, -0.25) is 28.0 Å². The van der Waals surface area contributed by atoms with Crippen molar-refractivity contribution in [2.24, 2.45) is 5.41 Å². The van der Waals surface area contributed by atoms with Crippen LogP contribution >= 0.6 is 19.5 Å². The summed E-state index contributed by atoms with van der Waals surface area (Å²) >= 11 is 0.832. The monoisotopic (exact) mass is 695 g/mol. The van der Waals surface area contributed by atoms with Crippen LogP contribution in [-0.4, -0.2) is 83.2 Å². The number of esters is 1. The van der Waals surface area contributed by atoms with Gasteiger partial charge in [0.05, 0.1) is 19.5 Å². The van der Waals surface area contributed by atoms with Crippen LogP contribution in [0.3, 0.4) is 0 Å². The average Bonchev–Trinajstić information content (AvgIpc) is 3.50. The third-order valence-corrected chi connectivity index (χ3v) is 9.98. The third-order valence-electron chi connectivity index (χ3n) is 7.28. The number of aliphatic hydroxyl groups excluding tert-OH is 1. The van der Waals surface area contributed by atoms with Crippen LogP contribution in [0.1, 0.15) is 59.2 Å². The molecule has 17 heteroatoms. The molecule has 0 aliphatic carbocycles. The first kappa shape index (κ1) is 36.9. The lowest BCUT2D eigenvalue weighted by Crippen LogP contribution is -2.44. The predicted molar refractivity (Wildman–Crippen MR) is 173 cm³/mol. The Kier molecular flexibility index (Phi) is 11.2. The molecule has 2 unspecified atom stereocenters. The molecule has 47 heavy (non-hydrogen) atoms. The first-order valence-corrected chi connectivity index (χ1v) is 17.4. The molecule has 3 heterocycles. The van der Waals surface area contributed by atoms with Crippen molar-refractivity contribution in [2.75, 3.05) is 19.0 Å².